The lowest BCUT2D eigenvalue weighted by atomic mass is 9.91. The third kappa shape index (κ3) is 23.5. The maximum absolute atomic E-state index is 14.2. The SMILES string of the molecule is CCCCCCCC(=O)N1CCCC1(C)C(=O)NC(CC(C)CC(O)CC(=O)CC)C(=O)NC(C)C(=O)NC(C)(C)C(=O)NC(CNC(C(=O)NC(C)(C)C(=O)NC(C)(C)C(=O)NC(C)CNCCO)C(C)CC)C(C)CC. The predicted molar refractivity (Wildman–Crippen MR) is 303 cm³/mol. The molecule has 0 aromatic heterocycles. The van der Waals surface area contributed by atoms with Crippen LogP contribution in [0.1, 0.15) is 201 Å². The van der Waals surface area contributed by atoms with Gasteiger partial charge in [0.25, 0.3) is 0 Å². The number of aliphatic hydroxyl groups excluding tert-OH is 2. The molecule has 0 aromatic carbocycles. The lowest BCUT2D eigenvalue weighted by Crippen LogP contribution is -2.65. The Morgan fingerprint density at radius 3 is 1.82 bits per heavy atom. The van der Waals surface area contributed by atoms with Gasteiger partial charge in [-0.2, -0.15) is 0 Å². The molecule has 0 aliphatic carbocycles. The van der Waals surface area contributed by atoms with Gasteiger partial charge in [-0.05, 0) is 112 Å². The van der Waals surface area contributed by atoms with Crippen LogP contribution in [0.2, 0.25) is 0 Å². The van der Waals surface area contributed by atoms with Crippen LogP contribution in [0.25, 0.3) is 0 Å². The van der Waals surface area contributed by atoms with E-state index in [1.165, 1.54) is 20.8 Å². The molecule has 10 unspecified atom stereocenters. The largest absolute Gasteiger partial charge is 0.395 e. The molecule has 1 heterocycles. The highest BCUT2D eigenvalue weighted by Gasteiger charge is 2.47. The summed E-state index contributed by atoms with van der Waals surface area (Å²) < 4.78 is 0. The zero-order valence-electron chi connectivity index (χ0n) is 50.6. The van der Waals surface area contributed by atoms with Crippen LogP contribution in [-0.2, 0) is 43.2 Å². The number of unbranched alkanes of at least 4 members (excludes halogenated alkanes) is 4. The maximum Gasteiger partial charge on any atom is 0.246 e. The Morgan fingerprint density at radius 1 is 0.654 bits per heavy atom. The van der Waals surface area contributed by atoms with E-state index in [1.54, 1.807) is 60.3 Å². The first-order valence-electron chi connectivity index (χ1n) is 29.0. The minimum atomic E-state index is -1.51. The van der Waals surface area contributed by atoms with Crippen LogP contribution < -0.4 is 47.9 Å². The number of nitrogens with zero attached hydrogens (tertiary/aromatic N) is 1. The Balaban J connectivity index is 3.22. The third-order valence-electron chi connectivity index (χ3n) is 15.3. The van der Waals surface area contributed by atoms with Gasteiger partial charge in [-0.3, -0.25) is 43.2 Å². The molecule has 1 fully saturated rings. The summed E-state index contributed by atoms with van der Waals surface area (Å²) in [6.07, 6.45) is 6.89. The highest BCUT2D eigenvalue weighted by molar-refractivity contribution is 5.98. The Morgan fingerprint density at radius 2 is 1.23 bits per heavy atom. The zero-order chi connectivity index (χ0) is 59.8. The summed E-state index contributed by atoms with van der Waals surface area (Å²) in [6, 6.07) is -4.00. The van der Waals surface area contributed by atoms with E-state index in [-0.39, 0.29) is 74.3 Å². The zero-order valence-corrected chi connectivity index (χ0v) is 50.6. The van der Waals surface area contributed by atoms with Crippen molar-refractivity contribution in [1.29, 1.82) is 0 Å². The molecule has 1 saturated heterocycles. The van der Waals surface area contributed by atoms with E-state index >= 15 is 0 Å². The van der Waals surface area contributed by atoms with Crippen LogP contribution in [0, 0.1) is 17.8 Å². The standard InChI is InChI=1S/C57H106N10O11/c1-17-21-22-23-24-26-45(71)67-29-25-27-57(67,16)53(78)62-43(32-36(5)31-42(70)33-41(69)20-4)48(73)61-40(9)47(72)64-54(10,11)51(76)63-44(37(6)18-2)35-59-46(38(7)19-3)49(74)65-56(14,15)52(77)66-55(12,13)50(75)60-39(8)34-58-28-30-68/h36-40,42-44,46,58-59,68,70H,17-35H2,1-16H3,(H,60,75)(H,61,73)(H,62,78)(H,63,76)(H,64,72)(H,65,74)(H,66,77). The van der Waals surface area contributed by atoms with Gasteiger partial charge >= 0.3 is 0 Å². The molecule has 21 nitrogen and oxygen atoms in total. The van der Waals surface area contributed by atoms with Gasteiger partial charge in [0.05, 0.1) is 18.8 Å². The van der Waals surface area contributed by atoms with Crippen molar-refractivity contribution in [2.75, 3.05) is 32.8 Å². The first-order valence-corrected chi connectivity index (χ1v) is 29.0. The Hall–Kier alpha value is -4.73. The molecule has 78 heavy (non-hydrogen) atoms. The second kappa shape index (κ2) is 33.8. The molecular weight excluding hydrogens is 1000 g/mol. The van der Waals surface area contributed by atoms with Crippen molar-refractivity contribution in [1.82, 2.24) is 52.8 Å². The van der Waals surface area contributed by atoms with Gasteiger partial charge in [0.1, 0.15) is 40.0 Å². The van der Waals surface area contributed by atoms with Gasteiger partial charge in [-0.25, -0.2) is 0 Å². The van der Waals surface area contributed by atoms with Gasteiger partial charge in [0, 0.05) is 57.5 Å². The second-order valence-corrected chi connectivity index (χ2v) is 24.0. The Labute approximate surface area is 467 Å². The smallest absolute Gasteiger partial charge is 0.246 e. The van der Waals surface area contributed by atoms with Crippen molar-refractivity contribution < 1.29 is 53.4 Å². The van der Waals surface area contributed by atoms with Crippen LogP contribution in [0.4, 0.5) is 0 Å². The van der Waals surface area contributed by atoms with Crippen molar-refractivity contribution in [3.63, 3.8) is 0 Å². The summed E-state index contributed by atoms with van der Waals surface area (Å²) in [5, 5.41) is 46.0. The maximum atomic E-state index is 14.2. The fourth-order valence-corrected chi connectivity index (χ4v) is 9.33. The number of carbonyl (C=O) groups is 9. The van der Waals surface area contributed by atoms with Crippen molar-refractivity contribution in [2.24, 2.45) is 17.8 Å². The molecule has 450 valence electrons. The summed E-state index contributed by atoms with van der Waals surface area (Å²) in [6.45, 7) is 28.9. The van der Waals surface area contributed by atoms with Crippen LogP contribution >= 0.6 is 0 Å². The van der Waals surface area contributed by atoms with Crippen LogP contribution in [0.15, 0.2) is 0 Å². The number of hydrogen-bond donors (Lipinski definition) is 11. The number of ketones is 1. The summed E-state index contributed by atoms with van der Waals surface area (Å²) in [5.41, 5.74) is -5.51. The highest BCUT2D eigenvalue weighted by Crippen LogP contribution is 2.31. The fraction of sp³-hybridized carbons (Fsp3) is 0.842. The molecule has 0 aromatic rings. The molecule has 0 radical (unpaired) electrons. The van der Waals surface area contributed by atoms with Crippen LogP contribution in [0.5, 0.6) is 0 Å². The average molecular weight is 1110 g/mol. The molecule has 1 rings (SSSR count). The van der Waals surface area contributed by atoms with E-state index in [4.69, 9.17) is 5.11 Å². The third-order valence-corrected chi connectivity index (χ3v) is 15.3. The number of Topliss-reactive ketones (excluding diaryl/α,β-unsaturated/α-hetero) is 1. The first kappa shape index (κ1) is 71.3. The van der Waals surface area contributed by atoms with Gasteiger partial charge < -0.3 is 63.0 Å². The highest BCUT2D eigenvalue weighted by atomic mass is 16.3. The minimum Gasteiger partial charge on any atom is -0.395 e. The van der Waals surface area contributed by atoms with E-state index in [0.29, 0.717) is 58.2 Å². The normalized spacial score (nSPS) is 18.4. The fourth-order valence-electron chi connectivity index (χ4n) is 9.33. The average Bonchev–Trinajstić information content (AvgIpc) is 3.77. The topological polar surface area (TPSA) is 306 Å². The number of rotatable bonds is 38. The summed E-state index contributed by atoms with van der Waals surface area (Å²) in [4.78, 5) is 124. The van der Waals surface area contributed by atoms with Gasteiger partial charge in [-0.15, -0.1) is 0 Å². The monoisotopic (exact) mass is 1110 g/mol. The summed E-state index contributed by atoms with van der Waals surface area (Å²) >= 11 is 0. The molecule has 1 aliphatic heterocycles. The van der Waals surface area contributed by atoms with Gasteiger partial charge in [0.2, 0.25) is 47.3 Å². The van der Waals surface area contributed by atoms with Gasteiger partial charge in [0.15, 0.2) is 0 Å². The lowest BCUT2D eigenvalue weighted by molar-refractivity contribution is -0.145. The van der Waals surface area contributed by atoms with E-state index in [1.807, 2.05) is 27.7 Å². The quantitative estimate of drug-likeness (QED) is 0.0397. The molecule has 10 atom stereocenters. The molecule has 21 heteroatoms. The number of nitrogens with one attached hydrogen (secondary N) is 9. The molecule has 1 aliphatic rings. The number of carbonyl (C=O) groups excluding carboxylic acids is 9. The Kier molecular flexibility index (Phi) is 30.9. The number of likely N-dealkylation sites (tertiary alicyclic amines) is 1. The summed E-state index contributed by atoms with van der Waals surface area (Å²) in [5.74, 6) is -4.77. The lowest BCUT2D eigenvalue weighted by Gasteiger charge is -2.36. The number of aliphatic hydroxyl groups is 2. The summed E-state index contributed by atoms with van der Waals surface area (Å²) in [7, 11) is 0. The Bertz CT molecular complexity index is 1970. The van der Waals surface area contributed by atoms with Gasteiger partial charge in [-0.1, -0.05) is 87.0 Å². The molecule has 0 bridgehead atoms. The van der Waals surface area contributed by atoms with Crippen LogP contribution in [0.3, 0.4) is 0 Å². The second-order valence-electron chi connectivity index (χ2n) is 24.0. The van der Waals surface area contributed by atoms with Crippen LogP contribution in [-0.4, -0.2) is 159 Å². The van der Waals surface area contributed by atoms with E-state index in [2.05, 4.69) is 54.8 Å². The van der Waals surface area contributed by atoms with E-state index in [9.17, 15) is 48.3 Å². The van der Waals surface area contributed by atoms with Crippen molar-refractivity contribution in [3.8, 4) is 0 Å². The van der Waals surface area contributed by atoms with Crippen molar-refractivity contribution in [3.05, 3.63) is 0 Å². The number of amides is 8. The molecule has 8 amide bonds. The predicted octanol–water partition coefficient (Wildman–Crippen LogP) is 3.17. The minimum absolute atomic E-state index is 0.0425. The molecule has 0 saturated carbocycles. The van der Waals surface area contributed by atoms with Crippen molar-refractivity contribution >= 4 is 53.0 Å². The first-order chi connectivity index (χ1) is 36.3. The molecule has 0 spiro atoms. The van der Waals surface area contributed by atoms with E-state index in [0.717, 1.165) is 25.7 Å². The molecule has 11 N–H and O–H groups in total. The number of hydrogen-bond acceptors (Lipinski definition) is 13. The van der Waals surface area contributed by atoms with E-state index < -0.39 is 93.8 Å². The van der Waals surface area contributed by atoms with Crippen molar-refractivity contribution in [2.45, 2.75) is 259 Å². The molecular formula is C57H106N10O11.